The Labute approximate surface area is 556 Å². The molecule has 0 fully saturated rings. The Morgan fingerprint density at radius 3 is 0.944 bits per heavy atom. The molecule has 0 bridgehead atoms. The Balaban J connectivity index is 4.06. The van der Waals surface area contributed by atoms with E-state index >= 15 is 0 Å². The molecule has 0 spiro atoms. The van der Waals surface area contributed by atoms with Gasteiger partial charge >= 0.3 is 19.8 Å². The predicted octanol–water partition coefficient (Wildman–Crippen LogP) is 24.8. The SMILES string of the molecule is CC/C=C\C/C=C\C/C=C\C/C=C\C/C=C\C/C=C\C/C=C\C/C=C\C/C=C\CCCCCC(=O)OC(COC(=O)CCCCCCCCCCCCCCCCCCCCCCCCCCCCCCCCCCCCC)COP(=O)(O)OCC[N+](C)(C)C. The van der Waals surface area contributed by atoms with Crippen molar-refractivity contribution in [3.8, 4) is 0 Å². The maximum atomic E-state index is 12.9. The maximum absolute atomic E-state index is 12.9. The van der Waals surface area contributed by atoms with Gasteiger partial charge in [-0.1, -0.05) is 348 Å². The molecule has 0 aliphatic carbocycles. The highest BCUT2D eigenvalue weighted by molar-refractivity contribution is 7.47. The molecule has 0 aromatic carbocycles. The van der Waals surface area contributed by atoms with Gasteiger partial charge in [-0.3, -0.25) is 18.6 Å². The van der Waals surface area contributed by atoms with E-state index in [1.54, 1.807) is 0 Å². The second-order valence-electron chi connectivity index (χ2n) is 26.3. The number of allylic oxidation sites excluding steroid dienone is 18. The van der Waals surface area contributed by atoms with Crippen LogP contribution in [0.3, 0.4) is 0 Å². The second-order valence-corrected chi connectivity index (χ2v) is 27.8. The Hall–Kier alpha value is -3.33. The van der Waals surface area contributed by atoms with Crippen molar-refractivity contribution >= 4 is 19.8 Å². The van der Waals surface area contributed by atoms with Crippen LogP contribution < -0.4 is 0 Å². The summed E-state index contributed by atoms with van der Waals surface area (Å²) in [6.07, 6.45) is 99.4. The number of phosphoric acid groups is 1. The quantitative estimate of drug-likeness (QED) is 0.0211. The van der Waals surface area contributed by atoms with Crippen molar-refractivity contribution < 1.29 is 42.1 Å². The number of quaternary nitrogens is 1. The zero-order chi connectivity index (χ0) is 65.5. The number of phosphoric ester groups is 1. The molecule has 0 aromatic rings. The van der Waals surface area contributed by atoms with Gasteiger partial charge in [-0.05, 0) is 83.5 Å². The molecule has 0 saturated carbocycles. The third-order valence-electron chi connectivity index (χ3n) is 16.3. The fourth-order valence-corrected chi connectivity index (χ4v) is 11.3. The number of esters is 2. The van der Waals surface area contributed by atoms with Crippen molar-refractivity contribution in [1.29, 1.82) is 0 Å². The number of carbonyl (C=O) groups excluding carboxylic acids is 2. The number of nitrogens with zero attached hydrogens (tertiary/aromatic N) is 1. The standard InChI is InChI=1S/C80H142NO8P/c1-6-8-10-12-14-16-18-20-22-24-26-28-30-32-34-36-38-39-40-41-43-44-46-48-50-52-54-56-58-60-62-64-66-68-70-72-79(82)86-76-78(77-88-90(84,85)87-75-74-81(3,4)5)89-80(83)73-71-69-67-65-63-61-59-57-55-53-51-49-47-45-42-37-35-33-31-29-27-25-23-21-19-17-15-13-11-9-7-2/h9,11,15,17,21,23,27,29,33,35,42,45,49,51,55,57,61,63,78H,6-8,10,12-14,16,18-20,22,24-26,28,30-32,34,36-41,43-44,46-48,50,52-54,56,58-60,62,64-77H2,1-5H3/p+1/b11-9-,17-15-,23-21-,29-27-,35-33-,45-42-,51-49-,57-55-,63-61-. The van der Waals surface area contributed by atoms with Gasteiger partial charge in [-0.15, -0.1) is 0 Å². The van der Waals surface area contributed by atoms with E-state index in [1.807, 2.05) is 21.1 Å². The van der Waals surface area contributed by atoms with Crippen molar-refractivity contribution in [3.05, 3.63) is 109 Å². The zero-order valence-electron chi connectivity index (χ0n) is 59.4. The van der Waals surface area contributed by atoms with E-state index in [0.29, 0.717) is 17.4 Å². The molecule has 0 heterocycles. The number of rotatable bonds is 69. The molecule has 2 unspecified atom stereocenters. The van der Waals surface area contributed by atoms with Crippen LogP contribution in [-0.4, -0.2) is 74.9 Å². The summed E-state index contributed by atoms with van der Waals surface area (Å²) in [5.74, 6) is -0.830. The van der Waals surface area contributed by atoms with E-state index in [0.717, 1.165) is 96.3 Å². The van der Waals surface area contributed by atoms with Gasteiger partial charge in [0.25, 0.3) is 0 Å². The van der Waals surface area contributed by atoms with Gasteiger partial charge < -0.3 is 18.9 Å². The van der Waals surface area contributed by atoms with Crippen molar-refractivity contribution in [2.24, 2.45) is 0 Å². The highest BCUT2D eigenvalue weighted by Crippen LogP contribution is 2.43. The lowest BCUT2D eigenvalue weighted by Crippen LogP contribution is -2.37. The third-order valence-corrected chi connectivity index (χ3v) is 17.3. The van der Waals surface area contributed by atoms with E-state index in [9.17, 15) is 19.0 Å². The van der Waals surface area contributed by atoms with Crippen molar-refractivity contribution in [3.63, 3.8) is 0 Å². The maximum Gasteiger partial charge on any atom is 0.472 e. The van der Waals surface area contributed by atoms with Crippen LogP contribution in [0.1, 0.15) is 335 Å². The molecule has 0 aliphatic heterocycles. The lowest BCUT2D eigenvalue weighted by atomic mass is 10.0. The van der Waals surface area contributed by atoms with Crippen LogP contribution in [0.4, 0.5) is 0 Å². The summed E-state index contributed by atoms with van der Waals surface area (Å²) in [4.78, 5) is 35.9. The lowest BCUT2D eigenvalue weighted by Gasteiger charge is -2.24. The molecule has 520 valence electrons. The van der Waals surface area contributed by atoms with E-state index in [-0.39, 0.29) is 32.0 Å². The summed E-state index contributed by atoms with van der Waals surface area (Å²) in [5, 5.41) is 0. The van der Waals surface area contributed by atoms with Gasteiger partial charge in [-0.25, -0.2) is 4.57 Å². The topological polar surface area (TPSA) is 108 Å². The normalized spacial score (nSPS) is 13.7. The molecular formula is C80H143NO8P+. The van der Waals surface area contributed by atoms with Crippen LogP contribution >= 0.6 is 7.82 Å². The molecule has 0 radical (unpaired) electrons. The Kier molecular flexibility index (Phi) is 67.4. The smallest absolute Gasteiger partial charge is 0.462 e. The number of hydrogen-bond acceptors (Lipinski definition) is 7. The average molecular weight is 1280 g/mol. The van der Waals surface area contributed by atoms with Crippen LogP contribution in [0.5, 0.6) is 0 Å². The van der Waals surface area contributed by atoms with Crippen molar-refractivity contribution in [2.75, 3.05) is 47.5 Å². The molecule has 9 nitrogen and oxygen atoms in total. The fraction of sp³-hybridized carbons (Fsp3) is 0.750. The first-order chi connectivity index (χ1) is 44.0. The van der Waals surface area contributed by atoms with Crippen LogP contribution in [-0.2, 0) is 32.7 Å². The highest BCUT2D eigenvalue weighted by Gasteiger charge is 2.27. The number of hydrogen-bond donors (Lipinski definition) is 1. The monoisotopic (exact) mass is 1280 g/mol. The Morgan fingerprint density at radius 2 is 0.633 bits per heavy atom. The summed E-state index contributed by atoms with van der Waals surface area (Å²) in [6, 6.07) is 0. The Bertz CT molecular complexity index is 1890. The van der Waals surface area contributed by atoms with Crippen LogP contribution in [0.15, 0.2) is 109 Å². The minimum absolute atomic E-state index is 0.0206. The van der Waals surface area contributed by atoms with Crippen molar-refractivity contribution in [2.45, 2.75) is 341 Å². The molecule has 0 aliphatic rings. The van der Waals surface area contributed by atoms with Crippen LogP contribution in [0.25, 0.3) is 0 Å². The first kappa shape index (κ1) is 86.7. The highest BCUT2D eigenvalue weighted by atomic mass is 31.2. The molecule has 2 atom stereocenters. The summed E-state index contributed by atoms with van der Waals surface area (Å²) in [5.41, 5.74) is 0. The second kappa shape index (κ2) is 70.0. The van der Waals surface area contributed by atoms with Gasteiger partial charge in [0, 0.05) is 12.8 Å². The van der Waals surface area contributed by atoms with Crippen molar-refractivity contribution in [1.82, 2.24) is 0 Å². The number of carbonyl (C=O) groups is 2. The van der Waals surface area contributed by atoms with E-state index in [4.69, 9.17) is 18.5 Å². The number of likely N-dealkylation sites (N-methyl/N-ethyl adjacent to an activating group) is 1. The number of unbranched alkanes of at least 4 members (excludes halogenated alkanes) is 37. The molecule has 10 heteroatoms. The summed E-state index contributed by atoms with van der Waals surface area (Å²) in [7, 11) is 1.45. The first-order valence-corrected chi connectivity index (χ1v) is 39.1. The molecular weight excluding hydrogens is 1130 g/mol. The van der Waals surface area contributed by atoms with Gasteiger partial charge in [0.2, 0.25) is 0 Å². The summed E-state index contributed by atoms with van der Waals surface area (Å²) in [6.45, 7) is 4.32. The van der Waals surface area contributed by atoms with E-state index < -0.39 is 26.5 Å². The molecule has 1 N–H and O–H groups in total. The molecule has 0 aromatic heterocycles. The average Bonchev–Trinajstić information content (AvgIpc) is 3.58. The van der Waals surface area contributed by atoms with E-state index in [2.05, 4.69) is 123 Å². The van der Waals surface area contributed by atoms with Gasteiger partial charge in [0.05, 0.1) is 27.7 Å². The molecule has 0 rings (SSSR count). The van der Waals surface area contributed by atoms with Gasteiger partial charge in [-0.2, -0.15) is 0 Å². The minimum atomic E-state index is -4.41. The summed E-state index contributed by atoms with van der Waals surface area (Å²) >= 11 is 0. The summed E-state index contributed by atoms with van der Waals surface area (Å²) < 4.78 is 34.7. The first-order valence-electron chi connectivity index (χ1n) is 37.6. The van der Waals surface area contributed by atoms with Crippen LogP contribution in [0, 0.1) is 0 Å². The predicted molar refractivity (Wildman–Crippen MR) is 390 cm³/mol. The lowest BCUT2D eigenvalue weighted by molar-refractivity contribution is -0.870. The Morgan fingerprint density at radius 1 is 0.356 bits per heavy atom. The third kappa shape index (κ3) is 73.7. The zero-order valence-corrected chi connectivity index (χ0v) is 60.2. The fourth-order valence-electron chi connectivity index (χ4n) is 10.6. The molecule has 0 amide bonds. The van der Waals surface area contributed by atoms with Crippen LogP contribution in [0.2, 0.25) is 0 Å². The van der Waals surface area contributed by atoms with Gasteiger partial charge in [0.15, 0.2) is 6.10 Å². The molecule has 0 saturated heterocycles. The minimum Gasteiger partial charge on any atom is -0.462 e. The number of ether oxygens (including phenoxy) is 2. The largest absolute Gasteiger partial charge is 0.472 e. The van der Waals surface area contributed by atoms with Gasteiger partial charge in [0.1, 0.15) is 19.8 Å². The molecule has 90 heavy (non-hydrogen) atoms. The van der Waals surface area contributed by atoms with E-state index in [1.165, 1.54) is 205 Å².